The summed E-state index contributed by atoms with van der Waals surface area (Å²) in [5.74, 6) is -0.732. The quantitative estimate of drug-likeness (QED) is 0.188. The molecule has 0 spiro atoms. The first-order valence-corrected chi connectivity index (χ1v) is 13.9. The lowest BCUT2D eigenvalue weighted by Crippen LogP contribution is -2.16. The smallest absolute Gasteiger partial charge is 0.341 e. The summed E-state index contributed by atoms with van der Waals surface area (Å²) in [7, 11) is 0. The highest BCUT2D eigenvalue weighted by Crippen LogP contribution is 2.36. The van der Waals surface area contributed by atoms with Crippen LogP contribution in [0.15, 0.2) is 65.7 Å². The van der Waals surface area contributed by atoms with E-state index in [2.05, 4.69) is 11.4 Å². The van der Waals surface area contributed by atoms with Crippen LogP contribution in [-0.2, 0) is 9.53 Å². The van der Waals surface area contributed by atoms with E-state index in [4.69, 9.17) is 9.72 Å². The topological polar surface area (TPSA) is 92.1 Å². The van der Waals surface area contributed by atoms with Crippen molar-refractivity contribution in [3.8, 4) is 28.5 Å². The molecule has 1 amide bonds. The Morgan fingerprint density at radius 1 is 1.05 bits per heavy atom. The van der Waals surface area contributed by atoms with Crippen LogP contribution in [0.25, 0.3) is 22.4 Å². The van der Waals surface area contributed by atoms with Gasteiger partial charge in [-0.25, -0.2) is 9.78 Å². The Kier molecular flexibility index (Phi) is 8.62. The van der Waals surface area contributed by atoms with Crippen molar-refractivity contribution in [3.05, 3.63) is 87.8 Å². The van der Waals surface area contributed by atoms with Crippen molar-refractivity contribution in [1.29, 1.82) is 5.26 Å². The maximum atomic E-state index is 13.0. The molecular formula is C30H27N3O3S2. The molecule has 1 N–H and O–H groups in total. The first kappa shape index (κ1) is 27.1. The van der Waals surface area contributed by atoms with Gasteiger partial charge in [0.2, 0.25) is 5.91 Å². The highest BCUT2D eigenvalue weighted by molar-refractivity contribution is 8.00. The first-order valence-electron chi connectivity index (χ1n) is 12.1. The zero-order chi connectivity index (χ0) is 27.2. The molecule has 8 heteroatoms. The highest BCUT2D eigenvalue weighted by Gasteiger charge is 2.23. The minimum atomic E-state index is -0.455. The lowest BCUT2D eigenvalue weighted by Gasteiger charge is -2.13. The maximum absolute atomic E-state index is 13.0. The Morgan fingerprint density at radius 3 is 2.42 bits per heavy atom. The van der Waals surface area contributed by atoms with Gasteiger partial charge in [0.05, 0.1) is 29.2 Å². The Hall–Kier alpha value is -3.93. The molecule has 0 aliphatic carbocycles. The zero-order valence-electron chi connectivity index (χ0n) is 21.6. The fourth-order valence-electron chi connectivity index (χ4n) is 3.91. The third-order valence-electron chi connectivity index (χ3n) is 5.99. The van der Waals surface area contributed by atoms with Crippen LogP contribution in [-0.4, -0.2) is 29.2 Å². The number of pyridine rings is 1. The van der Waals surface area contributed by atoms with E-state index in [-0.39, 0.29) is 18.3 Å². The molecule has 0 atom stereocenters. The third-order valence-corrected chi connectivity index (χ3v) is 8.09. The molecule has 192 valence electrons. The van der Waals surface area contributed by atoms with Crippen molar-refractivity contribution in [1.82, 2.24) is 4.98 Å². The lowest BCUT2D eigenvalue weighted by molar-refractivity contribution is -0.113. The summed E-state index contributed by atoms with van der Waals surface area (Å²) < 4.78 is 5.19. The molecule has 0 bridgehead atoms. The van der Waals surface area contributed by atoms with Gasteiger partial charge in [-0.1, -0.05) is 71.9 Å². The summed E-state index contributed by atoms with van der Waals surface area (Å²) in [5.41, 5.74) is 6.04. The van der Waals surface area contributed by atoms with Crippen molar-refractivity contribution in [2.45, 2.75) is 32.7 Å². The standard InChI is InChI=1S/C30H27N3O3S2/c1-5-36-30(35)27-19(3)20(4)38-29(27)33-26(34)17-37-28-24(16-31)23(21-9-7-6-8-10-21)15-25(32-28)22-13-11-18(2)12-14-22/h6-15H,5,17H2,1-4H3,(H,33,34). The van der Waals surface area contributed by atoms with Crippen LogP contribution in [0.1, 0.15) is 38.8 Å². The number of carbonyl (C=O) groups excluding carboxylic acids is 2. The van der Waals surface area contributed by atoms with Crippen molar-refractivity contribution in [2.24, 2.45) is 0 Å². The fourth-order valence-corrected chi connectivity index (χ4v) is 5.78. The maximum Gasteiger partial charge on any atom is 0.341 e. The molecule has 2 aromatic carbocycles. The molecule has 6 nitrogen and oxygen atoms in total. The van der Waals surface area contributed by atoms with E-state index in [1.807, 2.05) is 81.4 Å². The molecular weight excluding hydrogens is 514 g/mol. The van der Waals surface area contributed by atoms with E-state index in [9.17, 15) is 14.9 Å². The van der Waals surface area contributed by atoms with Crippen molar-refractivity contribution < 1.29 is 14.3 Å². The number of carbonyl (C=O) groups is 2. The number of nitrogens with one attached hydrogen (secondary N) is 1. The molecule has 0 unspecified atom stereocenters. The molecule has 4 aromatic rings. The predicted molar refractivity (Wildman–Crippen MR) is 154 cm³/mol. The van der Waals surface area contributed by atoms with Crippen LogP contribution in [0, 0.1) is 32.1 Å². The van der Waals surface area contributed by atoms with Crippen LogP contribution < -0.4 is 5.32 Å². The predicted octanol–water partition coefficient (Wildman–Crippen LogP) is 7.18. The number of thiophene rings is 1. The number of thioether (sulfide) groups is 1. The van der Waals surface area contributed by atoms with Gasteiger partial charge in [-0.05, 0) is 44.9 Å². The first-order chi connectivity index (χ1) is 18.3. The average Bonchev–Trinajstić information content (AvgIpc) is 3.20. The van der Waals surface area contributed by atoms with Gasteiger partial charge in [0.15, 0.2) is 0 Å². The number of benzene rings is 2. The van der Waals surface area contributed by atoms with Gasteiger partial charge >= 0.3 is 5.97 Å². The largest absolute Gasteiger partial charge is 0.462 e. The van der Waals surface area contributed by atoms with Crippen LogP contribution in [0.3, 0.4) is 0 Å². The third kappa shape index (κ3) is 5.96. The number of anilines is 1. The normalized spacial score (nSPS) is 10.6. The number of esters is 1. The minimum Gasteiger partial charge on any atom is -0.462 e. The Balaban J connectivity index is 1.65. The number of hydrogen-bond donors (Lipinski definition) is 1. The van der Waals surface area contributed by atoms with Gasteiger partial charge in [0.1, 0.15) is 16.1 Å². The van der Waals surface area contributed by atoms with Gasteiger partial charge < -0.3 is 10.1 Å². The number of nitrogens with zero attached hydrogens (tertiary/aromatic N) is 2. The van der Waals surface area contributed by atoms with Gasteiger partial charge in [0, 0.05) is 16.0 Å². The highest BCUT2D eigenvalue weighted by atomic mass is 32.2. The molecule has 0 saturated heterocycles. The average molecular weight is 542 g/mol. The van der Waals surface area contributed by atoms with Gasteiger partial charge in [0.25, 0.3) is 0 Å². The molecule has 2 aromatic heterocycles. The SMILES string of the molecule is CCOC(=O)c1c(NC(=O)CSc2nc(-c3ccc(C)cc3)cc(-c3ccccc3)c2C#N)sc(C)c1C. The van der Waals surface area contributed by atoms with E-state index < -0.39 is 5.97 Å². The number of amides is 1. The number of ether oxygens (including phenoxy) is 1. The molecule has 0 aliphatic rings. The second-order valence-corrected chi connectivity index (χ2v) is 10.8. The van der Waals surface area contributed by atoms with E-state index in [0.717, 1.165) is 38.4 Å². The second kappa shape index (κ2) is 12.1. The Bertz CT molecular complexity index is 1520. The monoisotopic (exact) mass is 541 g/mol. The van der Waals surface area contributed by atoms with E-state index >= 15 is 0 Å². The number of aromatic nitrogens is 1. The minimum absolute atomic E-state index is 0.0194. The molecule has 4 rings (SSSR count). The zero-order valence-corrected chi connectivity index (χ0v) is 23.3. The van der Waals surface area contributed by atoms with Crippen LogP contribution in [0.5, 0.6) is 0 Å². The molecule has 38 heavy (non-hydrogen) atoms. The number of hydrogen-bond acceptors (Lipinski definition) is 7. The van der Waals surface area contributed by atoms with E-state index in [1.165, 1.54) is 23.1 Å². The molecule has 0 saturated carbocycles. The van der Waals surface area contributed by atoms with Crippen LogP contribution in [0.4, 0.5) is 5.00 Å². The summed E-state index contributed by atoms with van der Waals surface area (Å²) in [5, 5.41) is 13.9. The lowest BCUT2D eigenvalue weighted by atomic mass is 9.99. The second-order valence-electron chi connectivity index (χ2n) is 8.62. The number of rotatable bonds is 8. The summed E-state index contributed by atoms with van der Waals surface area (Å²) in [6.07, 6.45) is 0. The Morgan fingerprint density at radius 2 is 1.76 bits per heavy atom. The number of aryl methyl sites for hydroxylation is 2. The summed E-state index contributed by atoms with van der Waals surface area (Å²) in [4.78, 5) is 31.2. The fraction of sp³-hybridized carbons (Fsp3) is 0.200. The van der Waals surface area contributed by atoms with Gasteiger partial charge in [-0.2, -0.15) is 5.26 Å². The molecule has 0 aliphatic heterocycles. The summed E-state index contributed by atoms with van der Waals surface area (Å²) >= 11 is 2.54. The van der Waals surface area contributed by atoms with Crippen molar-refractivity contribution >= 4 is 40.0 Å². The summed E-state index contributed by atoms with van der Waals surface area (Å²) in [6.45, 7) is 7.76. The Labute approximate surface area is 230 Å². The molecule has 0 radical (unpaired) electrons. The summed E-state index contributed by atoms with van der Waals surface area (Å²) in [6, 6.07) is 21.9. The molecule has 0 fully saturated rings. The van der Waals surface area contributed by atoms with Gasteiger partial charge in [-0.15, -0.1) is 11.3 Å². The van der Waals surface area contributed by atoms with E-state index in [0.29, 0.717) is 21.2 Å². The van der Waals surface area contributed by atoms with Crippen LogP contribution in [0.2, 0.25) is 0 Å². The van der Waals surface area contributed by atoms with Crippen molar-refractivity contribution in [2.75, 3.05) is 17.7 Å². The van der Waals surface area contributed by atoms with Crippen molar-refractivity contribution in [3.63, 3.8) is 0 Å². The number of nitriles is 1. The van der Waals surface area contributed by atoms with Gasteiger partial charge in [-0.3, -0.25) is 4.79 Å². The van der Waals surface area contributed by atoms with E-state index in [1.54, 1.807) is 6.92 Å². The van der Waals surface area contributed by atoms with Crippen LogP contribution >= 0.6 is 23.1 Å². The molecule has 2 heterocycles.